The van der Waals surface area contributed by atoms with Crippen LogP contribution in [-0.2, 0) is 0 Å². The van der Waals surface area contributed by atoms with Crippen molar-refractivity contribution in [3.05, 3.63) is 58.7 Å². The molecular formula is C20H24O2Si. The van der Waals surface area contributed by atoms with Crippen LogP contribution in [0.5, 0.6) is 11.5 Å². The van der Waals surface area contributed by atoms with Crippen LogP contribution in [0.15, 0.2) is 42.0 Å². The van der Waals surface area contributed by atoms with E-state index in [4.69, 9.17) is 9.16 Å². The molecule has 3 rings (SSSR count). The number of benzene rings is 1. The highest BCUT2D eigenvalue weighted by molar-refractivity contribution is 6.70. The molecule has 0 saturated heterocycles. The molecule has 0 fully saturated rings. The van der Waals surface area contributed by atoms with Crippen molar-refractivity contribution < 1.29 is 9.16 Å². The Bertz CT molecular complexity index is 774. The fourth-order valence-corrected chi connectivity index (χ4v) is 4.09. The maximum atomic E-state index is 6.25. The van der Waals surface area contributed by atoms with E-state index in [0.717, 1.165) is 29.1 Å². The zero-order valence-electron chi connectivity index (χ0n) is 14.6. The fourth-order valence-electron chi connectivity index (χ4n) is 3.28. The summed E-state index contributed by atoms with van der Waals surface area (Å²) in [6, 6.07) is 2.11. The minimum Gasteiger partial charge on any atom is -0.542 e. The van der Waals surface area contributed by atoms with Crippen molar-refractivity contribution in [3.8, 4) is 11.5 Å². The van der Waals surface area contributed by atoms with Crippen LogP contribution in [-0.4, -0.2) is 15.4 Å². The quantitative estimate of drug-likeness (QED) is 0.680. The van der Waals surface area contributed by atoms with E-state index in [1.54, 1.807) is 7.11 Å². The molecular weight excluding hydrogens is 300 g/mol. The lowest BCUT2D eigenvalue weighted by Crippen LogP contribution is -2.29. The van der Waals surface area contributed by atoms with Gasteiger partial charge in [0, 0.05) is 5.56 Å². The van der Waals surface area contributed by atoms with Gasteiger partial charge in [-0.05, 0) is 73.0 Å². The summed E-state index contributed by atoms with van der Waals surface area (Å²) in [4.78, 5) is 0. The molecule has 2 nitrogen and oxygen atoms in total. The highest BCUT2D eigenvalue weighted by Gasteiger charge is 2.28. The molecule has 0 bridgehead atoms. The molecule has 1 aromatic rings. The Morgan fingerprint density at radius 2 is 1.96 bits per heavy atom. The Balaban J connectivity index is 2.10. The molecule has 23 heavy (non-hydrogen) atoms. The van der Waals surface area contributed by atoms with Crippen LogP contribution < -0.4 is 9.16 Å². The number of hydrogen-bond acceptors (Lipinski definition) is 2. The van der Waals surface area contributed by atoms with Crippen molar-refractivity contribution >= 4 is 20.0 Å². The zero-order chi connectivity index (χ0) is 16.8. The van der Waals surface area contributed by atoms with Gasteiger partial charge in [0.2, 0.25) is 8.32 Å². The van der Waals surface area contributed by atoms with Gasteiger partial charge in [-0.25, -0.2) is 0 Å². The van der Waals surface area contributed by atoms with Crippen molar-refractivity contribution in [2.75, 3.05) is 7.11 Å². The van der Waals surface area contributed by atoms with Gasteiger partial charge in [0.1, 0.15) is 5.75 Å². The first-order chi connectivity index (χ1) is 10.8. The zero-order valence-corrected chi connectivity index (χ0v) is 15.6. The lowest BCUT2D eigenvalue weighted by Gasteiger charge is -2.23. The first-order valence-corrected chi connectivity index (χ1v) is 11.4. The third kappa shape index (κ3) is 2.81. The van der Waals surface area contributed by atoms with Crippen molar-refractivity contribution in [3.63, 3.8) is 0 Å². The third-order valence-electron chi connectivity index (χ3n) is 4.18. The minimum absolute atomic E-state index is 0.834. The second kappa shape index (κ2) is 5.57. The predicted octanol–water partition coefficient (Wildman–Crippen LogP) is 5.51. The lowest BCUT2D eigenvalue weighted by molar-refractivity contribution is 0.389. The van der Waals surface area contributed by atoms with E-state index < -0.39 is 8.32 Å². The summed E-state index contributed by atoms with van der Waals surface area (Å²) in [5.74, 6) is 1.69. The summed E-state index contributed by atoms with van der Waals surface area (Å²) in [5, 5.41) is 0. The number of rotatable bonds is 4. The van der Waals surface area contributed by atoms with Crippen molar-refractivity contribution in [2.24, 2.45) is 0 Å². The molecule has 0 atom stereocenters. The molecule has 2 aliphatic carbocycles. The third-order valence-corrected chi connectivity index (χ3v) is 5.01. The molecule has 0 heterocycles. The Kier molecular flexibility index (Phi) is 3.84. The van der Waals surface area contributed by atoms with E-state index >= 15 is 0 Å². The number of fused-ring (bicyclic) bond motifs is 1. The van der Waals surface area contributed by atoms with Crippen LogP contribution in [0.3, 0.4) is 0 Å². The molecule has 0 N–H and O–H groups in total. The summed E-state index contributed by atoms with van der Waals surface area (Å²) in [6.45, 7) is 13.0. The van der Waals surface area contributed by atoms with E-state index in [1.165, 1.54) is 22.3 Å². The second-order valence-corrected chi connectivity index (χ2v) is 11.5. The molecule has 2 aliphatic rings. The van der Waals surface area contributed by atoms with Gasteiger partial charge in [-0.2, -0.15) is 0 Å². The van der Waals surface area contributed by atoms with Gasteiger partial charge >= 0.3 is 0 Å². The summed E-state index contributed by atoms with van der Waals surface area (Å²) in [7, 11) is 0.00423. The van der Waals surface area contributed by atoms with Crippen LogP contribution >= 0.6 is 0 Å². The van der Waals surface area contributed by atoms with E-state index in [9.17, 15) is 0 Å². The smallest absolute Gasteiger partial charge is 0.242 e. The first kappa shape index (κ1) is 15.9. The van der Waals surface area contributed by atoms with Crippen LogP contribution in [0.1, 0.15) is 23.1 Å². The maximum Gasteiger partial charge on any atom is 0.242 e. The molecule has 0 saturated carbocycles. The molecule has 1 aromatic carbocycles. The van der Waals surface area contributed by atoms with E-state index in [1.807, 2.05) is 0 Å². The normalized spacial score (nSPS) is 16.3. The van der Waals surface area contributed by atoms with E-state index in [-0.39, 0.29) is 0 Å². The van der Waals surface area contributed by atoms with E-state index in [2.05, 4.69) is 63.5 Å². The van der Waals surface area contributed by atoms with Crippen LogP contribution in [0.4, 0.5) is 0 Å². The fraction of sp³-hybridized carbons (Fsp3) is 0.300. The molecule has 120 valence electrons. The van der Waals surface area contributed by atoms with Gasteiger partial charge in [0.15, 0.2) is 5.75 Å². The molecule has 0 amide bonds. The summed E-state index contributed by atoms with van der Waals surface area (Å²) < 4.78 is 11.9. The van der Waals surface area contributed by atoms with Gasteiger partial charge in [-0.1, -0.05) is 24.8 Å². The molecule has 0 unspecified atom stereocenters. The van der Waals surface area contributed by atoms with Crippen molar-refractivity contribution in [2.45, 2.75) is 33.0 Å². The lowest BCUT2D eigenvalue weighted by atomic mass is 9.95. The second-order valence-electron chi connectivity index (χ2n) is 7.07. The standard InChI is InChI=1S/C20H24O2Si/c1-13-17(15-9-7-8-10-15)11-16-12-18(22-23(4,5)6)20(21-3)14(2)19(13)16/h7-9,11-12H,1,10H2,2-6H3. The van der Waals surface area contributed by atoms with Gasteiger partial charge in [-0.15, -0.1) is 0 Å². The van der Waals surface area contributed by atoms with Crippen LogP contribution in [0.25, 0.3) is 11.6 Å². The van der Waals surface area contributed by atoms with Gasteiger partial charge in [0.05, 0.1) is 7.11 Å². The number of methoxy groups -OCH3 is 1. The van der Waals surface area contributed by atoms with Crippen molar-refractivity contribution in [1.29, 1.82) is 0 Å². The monoisotopic (exact) mass is 324 g/mol. The van der Waals surface area contributed by atoms with Gasteiger partial charge in [-0.3, -0.25) is 0 Å². The summed E-state index contributed by atoms with van der Waals surface area (Å²) in [6.07, 6.45) is 9.68. The summed E-state index contributed by atoms with van der Waals surface area (Å²) >= 11 is 0. The Morgan fingerprint density at radius 1 is 1.22 bits per heavy atom. The first-order valence-electron chi connectivity index (χ1n) is 8.00. The average molecular weight is 324 g/mol. The number of allylic oxidation sites excluding steroid dienone is 6. The molecule has 0 aliphatic heterocycles. The summed E-state index contributed by atoms with van der Waals surface area (Å²) in [5.41, 5.74) is 7.14. The average Bonchev–Trinajstić information content (AvgIpc) is 3.05. The number of hydrogen-bond donors (Lipinski definition) is 0. The van der Waals surface area contributed by atoms with Gasteiger partial charge in [0.25, 0.3) is 0 Å². The van der Waals surface area contributed by atoms with Crippen LogP contribution in [0, 0.1) is 6.92 Å². The molecule has 0 radical (unpaired) electrons. The molecule has 3 heteroatoms. The van der Waals surface area contributed by atoms with Crippen molar-refractivity contribution in [1.82, 2.24) is 0 Å². The van der Waals surface area contributed by atoms with E-state index in [0.29, 0.717) is 0 Å². The number of ether oxygens (including phenoxy) is 1. The Morgan fingerprint density at radius 3 is 2.52 bits per heavy atom. The molecule has 0 spiro atoms. The highest BCUT2D eigenvalue weighted by atomic mass is 28.4. The minimum atomic E-state index is -1.71. The Hall–Kier alpha value is -2.00. The Labute approximate surface area is 140 Å². The van der Waals surface area contributed by atoms with Gasteiger partial charge < -0.3 is 9.16 Å². The topological polar surface area (TPSA) is 18.5 Å². The highest BCUT2D eigenvalue weighted by Crippen LogP contribution is 2.47. The largest absolute Gasteiger partial charge is 0.542 e. The predicted molar refractivity (Wildman–Crippen MR) is 101 cm³/mol. The maximum absolute atomic E-state index is 6.25. The SMILES string of the molecule is C=C1C(C2=CC=CC2)=Cc2cc(O[Si](C)(C)C)c(OC)c(C)c21. The molecule has 0 aromatic heterocycles. The van der Waals surface area contributed by atoms with Crippen LogP contribution in [0.2, 0.25) is 19.6 Å².